The van der Waals surface area contributed by atoms with E-state index in [9.17, 15) is 16.8 Å². The average molecular weight is 431 g/mol. The van der Waals surface area contributed by atoms with Crippen molar-refractivity contribution in [3.63, 3.8) is 0 Å². The van der Waals surface area contributed by atoms with Crippen molar-refractivity contribution in [2.75, 3.05) is 31.7 Å². The van der Waals surface area contributed by atoms with Crippen LogP contribution in [0.1, 0.15) is 6.92 Å². The third-order valence-electron chi connectivity index (χ3n) is 3.49. The molecule has 0 radical (unpaired) electrons. The van der Waals surface area contributed by atoms with Gasteiger partial charge in [-0.2, -0.15) is 0 Å². The Kier molecular flexibility index (Phi) is 7.24. The summed E-state index contributed by atoms with van der Waals surface area (Å²) in [5.41, 5.74) is 0.0351. The number of ether oxygens (including phenoxy) is 3. The van der Waals surface area contributed by atoms with E-state index < -0.39 is 20.0 Å². The van der Waals surface area contributed by atoms with Gasteiger partial charge in [0.05, 0.1) is 23.8 Å². The summed E-state index contributed by atoms with van der Waals surface area (Å²) in [6.07, 6.45) is 0. The summed E-state index contributed by atoms with van der Waals surface area (Å²) in [5, 5.41) is 5.19. The SMILES string of the molecule is CCOc1ccc(NS(=O)(=O)c2ccc(OCCOC)cc2)cc1S(N)(=O)=O. The van der Waals surface area contributed by atoms with Crippen molar-refractivity contribution < 1.29 is 31.0 Å². The number of anilines is 1. The molecular weight excluding hydrogens is 408 g/mol. The number of nitrogens with one attached hydrogen (secondary N) is 1. The quantitative estimate of drug-likeness (QED) is 0.546. The summed E-state index contributed by atoms with van der Waals surface area (Å²) in [6, 6.07) is 9.61. The Hall–Kier alpha value is -2.34. The van der Waals surface area contributed by atoms with E-state index in [1.165, 1.54) is 36.4 Å². The molecule has 0 aliphatic carbocycles. The summed E-state index contributed by atoms with van der Waals surface area (Å²) in [4.78, 5) is -0.325. The number of methoxy groups -OCH3 is 1. The second-order valence-electron chi connectivity index (χ2n) is 5.56. The van der Waals surface area contributed by atoms with Crippen LogP contribution in [0.15, 0.2) is 52.3 Å². The standard InChI is InChI=1S/C17H22N2O7S2/c1-3-25-16-9-4-13(12-17(16)27(18,20)21)19-28(22,23)15-7-5-14(6-8-15)26-11-10-24-2/h4-9,12,19H,3,10-11H2,1-2H3,(H2,18,20,21). The van der Waals surface area contributed by atoms with Crippen LogP contribution in [0.2, 0.25) is 0 Å². The molecule has 0 amide bonds. The summed E-state index contributed by atoms with van der Waals surface area (Å²) in [6.45, 7) is 2.66. The first-order chi connectivity index (χ1) is 13.2. The molecular formula is C17H22N2O7S2. The number of nitrogens with two attached hydrogens (primary N) is 1. The first-order valence-electron chi connectivity index (χ1n) is 8.21. The minimum absolute atomic E-state index is 0.0161. The number of rotatable bonds is 10. The highest BCUT2D eigenvalue weighted by molar-refractivity contribution is 7.92. The maximum atomic E-state index is 12.6. The van der Waals surface area contributed by atoms with Crippen molar-refractivity contribution in [1.82, 2.24) is 0 Å². The second-order valence-corrected chi connectivity index (χ2v) is 8.77. The highest BCUT2D eigenvalue weighted by Gasteiger charge is 2.19. The van der Waals surface area contributed by atoms with Crippen LogP contribution < -0.4 is 19.3 Å². The van der Waals surface area contributed by atoms with Crippen LogP contribution in [-0.2, 0) is 24.8 Å². The molecule has 0 aromatic heterocycles. The Bertz CT molecular complexity index is 1000. The minimum atomic E-state index is -4.10. The van der Waals surface area contributed by atoms with Gasteiger partial charge in [0.25, 0.3) is 10.0 Å². The van der Waals surface area contributed by atoms with Crippen LogP contribution in [-0.4, -0.2) is 43.8 Å². The monoisotopic (exact) mass is 430 g/mol. The molecule has 11 heteroatoms. The highest BCUT2D eigenvalue weighted by Crippen LogP contribution is 2.28. The first kappa shape index (κ1) is 22.0. The van der Waals surface area contributed by atoms with E-state index in [2.05, 4.69) is 4.72 Å². The van der Waals surface area contributed by atoms with Gasteiger partial charge in [-0.3, -0.25) is 4.72 Å². The van der Waals surface area contributed by atoms with Gasteiger partial charge in [-0.15, -0.1) is 0 Å². The van der Waals surface area contributed by atoms with Crippen LogP contribution >= 0.6 is 0 Å². The fourth-order valence-corrected chi connectivity index (χ4v) is 3.99. The molecule has 2 rings (SSSR count). The molecule has 0 atom stereocenters. The molecule has 0 saturated heterocycles. The van der Waals surface area contributed by atoms with Gasteiger partial charge in [0.2, 0.25) is 10.0 Å². The Morgan fingerprint density at radius 1 is 0.964 bits per heavy atom. The zero-order chi connectivity index (χ0) is 20.8. The summed E-state index contributed by atoms with van der Waals surface area (Å²) < 4.78 is 66.5. The molecule has 0 aliphatic heterocycles. The van der Waals surface area contributed by atoms with Gasteiger partial charge < -0.3 is 14.2 Å². The zero-order valence-corrected chi connectivity index (χ0v) is 17.0. The lowest BCUT2D eigenvalue weighted by Crippen LogP contribution is -2.16. The van der Waals surface area contributed by atoms with Crippen molar-refractivity contribution >= 4 is 25.7 Å². The number of hydrogen-bond acceptors (Lipinski definition) is 7. The molecule has 2 aromatic carbocycles. The fourth-order valence-electron chi connectivity index (χ4n) is 2.24. The van der Waals surface area contributed by atoms with Crippen molar-refractivity contribution in [2.24, 2.45) is 5.14 Å². The smallest absolute Gasteiger partial charge is 0.261 e. The summed E-state index contributed by atoms with van der Waals surface area (Å²) in [5.74, 6) is 0.541. The van der Waals surface area contributed by atoms with Crippen molar-refractivity contribution in [3.8, 4) is 11.5 Å². The van der Waals surface area contributed by atoms with Gasteiger partial charge in [-0.25, -0.2) is 22.0 Å². The van der Waals surface area contributed by atoms with Crippen LogP contribution in [0, 0.1) is 0 Å². The number of primary sulfonamides is 1. The lowest BCUT2D eigenvalue weighted by atomic mass is 10.3. The third kappa shape index (κ3) is 5.83. The number of benzene rings is 2. The van der Waals surface area contributed by atoms with Gasteiger partial charge in [-0.05, 0) is 49.4 Å². The maximum Gasteiger partial charge on any atom is 0.261 e. The molecule has 0 unspecified atom stereocenters. The Morgan fingerprint density at radius 3 is 2.21 bits per heavy atom. The second kappa shape index (κ2) is 9.24. The van der Waals surface area contributed by atoms with E-state index in [0.717, 1.165) is 6.07 Å². The highest BCUT2D eigenvalue weighted by atomic mass is 32.2. The average Bonchev–Trinajstić information content (AvgIpc) is 2.63. The molecule has 2 aromatic rings. The lowest BCUT2D eigenvalue weighted by molar-refractivity contribution is 0.146. The molecule has 0 saturated carbocycles. The van der Waals surface area contributed by atoms with E-state index in [0.29, 0.717) is 19.0 Å². The normalized spacial score (nSPS) is 11.8. The van der Waals surface area contributed by atoms with Gasteiger partial charge in [0.15, 0.2) is 0 Å². The van der Waals surface area contributed by atoms with Crippen molar-refractivity contribution in [1.29, 1.82) is 0 Å². The van der Waals surface area contributed by atoms with E-state index in [1.54, 1.807) is 14.0 Å². The maximum absolute atomic E-state index is 12.6. The predicted octanol–water partition coefficient (Wildman–Crippen LogP) is 1.56. The molecule has 0 heterocycles. The molecule has 9 nitrogen and oxygen atoms in total. The van der Waals surface area contributed by atoms with Crippen LogP contribution in [0.4, 0.5) is 5.69 Å². The van der Waals surface area contributed by atoms with Gasteiger partial charge in [0, 0.05) is 7.11 Å². The molecule has 0 aliphatic rings. The van der Waals surface area contributed by atoms with Crippen molar-refractivity contribution in [3.05, 3.63) is 42.5 Å². The van der Waals surface area contributed by atoms with E-state index in [4.69, 9.17) is 19.3 Å². The fraction of sp³-hybridized carbons (Fsp3) is 0.294. The summed E-state index contributed by atoms with van der Waals surface area (Å²) in [7, 11) is -6.50. The van der Waals surface area contributed by atoms with Crippen LogP contribution in [0.5, 0.6) is 11.5 Å². The van der Waals surface area contributed by atoms with Gasteiger partial charge >= 0.3 is 0 Å². The lowest BCUT2D eigenvalue weighted by Gasteiger charge is -2.13. The Balaban J connectivity index is 2.24. The first-order valence-corrected chi connectivity index (χ1v) is 11.2. The molecule has 154 valence electrons. The van der Waals surface area contributed by atoms with Crippen molar-refractivity contribution in [2.45, 2.75) is 16.7 Å². The predicted molar refractivity (Wildman–Crippen MR) is 104 cm³/mol. The zero-order valence-electron chi connectivity index (χ0n) is 15.4. The number of sulfonamides is 2. The van der Waals surface area contributed by atoms with E-state index in [1.807, 2.05) is 0 Å². The molecule has 0 spiro atoms. The summed E-state index contributed by atoms with van der Waals surface area (Å²) >= 11 is 0. The van der Waals surface area contributed by atoms with E-state index in [-0.39, 0.29) is 27.8 Å². The molecule has 28 heavy (non-hydrogen) atoms. The largest absolute Gasteiger partial charge is 0.492 e. The third-order valence-corrected chi connectivity index (χ3v) is 5.82. The van der Waals surface area contributed by atoms with Crippen LogP contribution in [0.25, 0.3) is 0 Å². The molecule has 0 bridgehead atoms. The number of hydrogen-bond donors (Lipinski definition) is 2. The molecule has 0 fully saturated rings. The van der Waals surface area contributed by atoms with Gasteiger partial charge in [-0.1, -0.05) is 0 Å². The Labute approximate surface area is 164 Å². The minimum Gasteiger partial charge on any atom is -0.492 e. The van der Waals surface area contributed by atoms with Crippen LogP contribution in [0.3, 0.4) is 0 Å². The van der Waals surface area contributed by atoms with Gasteiger partial charge in [0.1, 0.15) is 23.0 Å². The van der Waals surface area contributed by atoms with E-state index >= 15 is 0 Å². The molecule has 3 N–H and O–H groups in total. The Morgan fingerprint density at radius 2 is 1.64 bits per heavy atom. The topological polar surface area (TPSA) is 134 Å².